The van der Waals surface area contributed by atoms with Crippen LogP contribution in [0.15, 0.2) is 65.2 Å². The topological polar surface area (TPSA) is 55.3 Å². The molecule has 5 nitrogen and oxygen atoms in total. The molecule has 0 saturated carbocycles. The summed E-state index contributed by atoms with van der Waals surface area (Å²) in [6, 6.07) is 13.1. The van der Waals surface area contributed by atoms with E-state index in [4.69, 9.17) is 27.6 Å². The molecular weight excluding hydrogens is 396 g/mol. The standard InChI is InChI=1S/C24H15ClN4O/c1-13-4-5-15-10-19(16-8-14(2)27-22(25)12-16)23(29-24(15)28-13)21-11-17-9-18(26-3)6-7-20(17)30-21/h4-12H,1H2,2H3,(H,28,29). The quantitative estimate of drug-likeness (QED) is 0.285. The van der Waals surface area contributed by atoms with Gasteiger partial charge in [0.25, 0.3) is 0 Å². The first-order valence-electron chi connectivity index (χ1n) is 9.25. The van der Waals surface area contributed by atoms with E-state index in [9.17, 15) is 0 Å². The van der Waals surface area contributed by atoms with Crippen LogP contribution in [0, 0.1) is 13.5 Å². The van der Waals surface area contributed by atoms with Gasteiger partial charge in [0, 0.05) is 27.9 Å². The molecule has 0 amide bonds. The first kappa shape index (κ1) is 18.2. The number of fused-ring (bicyclic) bond motifs is 2. The average molecular weight is 411 g/mol. The Bertz CT molecular complexity index is 1410. The summed E-state index contributed by atoms with van der Waals surface area (Å²) in [5.74, 6) is 1.32. The summed E-state index contributed by atoms with van der Waals surface area (Å²) in [7, 11) is 0. The Balaban J connectivity index is 1.78. The molecule has 1 N–H and O–H groups in total. The summed E-state index contributed by atoms with van der Waals surface area (Å²) in [4.78, 5) is 12.6. The Morgan fingerprint density at radius 2 is 1.97 bits per heavy atom. The molecule has 0 bridgehead atoms. The normalized spacial score (nSPS) is 12.5. The van der Waals surface area contributed by atoms with Gasteiger partial charge >= 0.3 is 0 Å². The molecule has 0 saturated heterocycles. The van der Waals surface area contributed by atoms with Gasteiger partial charge in [-0.1, -0.05) is 24.2 Å². The van der Waals surface area contributed by atoms with Gasteiger partial charge in [0.1, 0.15) is 22.2 Å². The predicted octanol–water partition coefficient (Wildman–Crippen LogP) is 7.02. The molecule has 1 aliphatic rings. The van der Waals surface area contributed by atoms with Crippen molar-refractivity contribution < 1.29 is 4.42 Å². The van der Waals surface area contributed by atoms with E-state index >= 15 is 0 Å². The third-order valence-corrected chi connectivity index (χ3v) is 5.08. The van der Waals surface area contributed by atoms with Crippen molar-refractivity contribution in [3.05, 3.63) is 88.6 Å². The maximum Gasteiger partial charge on any atom is 0.188 e. The van der Waals surface area contributed by atoms with Gasteiger partial charge in [0.05, 0.1) is 6.57 Å². The van der Waals surface area contributed by atoms with Crippen LogP contribution in [0.5, 0.6) is 0 Å². The molecule has 6 heteroatoms. The fourth-order valence-corrected chi connectivity index (χ4v) is 3.80. The van der Waals surface area contributed by atoms with Crippen LogP contribution in [-0.2, 0) is 0 Å². The number of benzene rings is 1. The van der Waals surface area contributed by atoms with Crippen LogP contribution >= 0.6 is 11.6 Å². The van der Waals surface area contributed by atoms with Crippen molar-refractivity contribution in [3.63, 3.8) is 0 Å². The van der Waals surface area contributed by atoms with Gasteiger partial charge in [0.15, 0.2) is 11.4 Å². The van der Waals surface area contributed by atoms with E-state index in [-0.39, 0.29) is 0 Å². The number of halogens is 1. The lowest BCUT2D eigenvalue weighted by Crippen LogP contribution is -2.06. The van der Waals surface area contributed by atoms with Crippen LogP contribution in [0.3, 0.4) is 0 Å². The van der Waals surface area contributed by atoms with Crippen molar-refractivity contribution in [2.75, 3.05) is 5.32 Å². The number of pyridine rings is 2. The molecule has 3 aromatic heterocycles. The van der Waals surface area contributed by atoms with Crippen molar-refractivity contribution in [1.29, 1.82) is 0 Å². The zero-order valence-corrected chi connectivity index (χ0v) is 16.8. The highest BCUT2D eigenvalue weighted by molar-refractivity contribution is 6.29. The van der Waals surface area contributed by atoms with Crippen LogP contribution in [0.25, 0.3) is 44.5 Å². The van der Waals surface area contributed by atoms with Crippen molar-refractivity contribution in [3.8, 4) is 22.6 Å². The number of nitrogens with one attached hydrogen (secondary N) is 1. The molecule has 0 radical (unpaired) electrons. The Morgan fingerprint density at radius 3 is 2.77 bits per heavy atom. The average Bonchev–Trinajstić information content (AvgIpc) is 3.15. The maximum absolute atomic E-state index is 7.24. The smallest absolute Gasteiger partial charge is 0.188 e. The summed E-state index contributed by atoms with van der Waals surface area (Å²) in [5.41, 5.74) is 6.24. The monoisotopic (exact) mass is 410 g/mol. The zero-order valence-electron chi connectivity index (χ0n) is 16.0. The minimum absolute atomic E-state index is 0.419. The number of aryl methyl sites for hydroxylation is 1. The first-order valence-corrected chi connectivity index (χ1v) is 9.63. The van der Waals surface area contributed by atoms with Gasteiger partial charge in [-0.2, -0.15) is 0 Å². The molecule has 1 aromatic carbocycles. The highest BCUT2D eigenvalue weighted by Crippen LogP contribution is 2.39. The molecule has 144 valence electrons. The zero-order chi connectivity index (χ0) is 20.8. The number of anilines is 1. The lowest BCUT2D eigenvalue weighted by Gasteiger charge is -2.17. The predicted molar refractivity (Wildman–Crippen MR) is 120 cm³/mol. The van der Waals surface area contributed by atoms with Crippen LogP contribution in [0.1, 0.15) is 11.3 Å². The van der Waals surface area contributed by atoms with E-state index < -0.39 is 0 Å². The van der Waals surface area contributed by atoms with Gasteiger partial charge in [0.2, 0.25) is 0 Å². The highest BCUT2D eigenvalue weighted by atomic mass is 35.5. The van der Waals surface area contributed by atoms with Crippen molar-refractivity contribution in [2.24, 2.45) is 0 Å². The number of hydrogen-bond donors (Lipinski definition) is 1. The fourth-order valence-electron chi connectivity index (χ4n) is 3.55. The summed E-state index contributed by atoms with van der Waals surface area (Å²) < 4.78 is 6.11. The number of allylic oxidation sites excluding steroid dienone is 1. The molecule has 0 fully saturated rings. The minimum Gasteiger partial charge on any atom is -0.455 e. The second kappa shape index (κ2) is 6.87. The van der Waals surface area contributed by atoms with Gasteiger partial charge in [-0.15, -0.1) is 0 Å². The largest absolute Gasteiger partial charge is 0.455 e. The van der Waals surface area contributed by atoms with E-state index in [1.165, 1.54) is 0 Å². The lowest BCUT2D eigenvalue weighted by molar-refractivity contribution is 0.629. The maximum atomic E-state index is 7.24. The Labute approximate surface area is 178 Å². The third-order valence-electron chi connectivity index (χ3n) is 4.89. The Morgan fingerprint density at radius 1 is 1.10 bits per heavy atom. The van der Waals surface area contributed by atoms with Gasteiger partial charge in [-0.3, -0.25) is 0 Å². The van der Waals surface area contributed by atoms with Crippen molar-refractivity contribution in [2.45, 2.75) is 6.92 Å². The van der Waals surface area contributed by atoms with E-state index in [0.29, 0.717) is 33.7 Å². The third kappa shape index (κ3) is 3.14. The van der Waals surface area contributed by atoms with E-state index in [0.717, 1.165) is 33.5 Å². The van der Waals surface area contributed by atoms with Gasteiger partial charge < -0.3 is 9.73 Å². The molecular formula is C24H15ClN4O. The first-order chi connectivity index (χ1) is 14.5. The summed E-state index contributed by atoms with van der Waals surface area (Å²) in [6.45, 7) is 13.1. The van der Waals surface area contributed by atoms with Crippen LogP contribution in [0.2, 0.25) is 5.15 Å². The molecule has 30 heavy (non-hydrogen) atoms. The number of furan rings is 1. The van der Waals surface area contributed by atoms with Crippen LogP contribution in [-0.4, -0.2) is 9.97 Å². The number of hydrogen-bond acceptors (Lipinski definition) is 4. The molecule has 0 atom stereocenters. The second-order valence-electron chi connectivity index (χ2n) is 7.07. The number of rotatable bonds is 2. The van der Waals surface area contributed by atoms with E-state index in [2.05, 4.69) is 27.8 Å². The van der Waals surface area contributed by atoms with Crippen LogP contribution in [0.4, 0.5) is 11.5 Å². The molecule has 4 heterocycles. The second-order valence-corrected chi connectivity index (χ2v) is 7.46. The van der Waals surface area contributed by atoms with E-state index in [1.54, 1.807) is 12.1 Å². The molecule has 0 aliphatic carbocycles. The summed E-state index contributed by atoms with van der Waals surface area (Å²) in [5, 5.41) is 4.48. The van der Waals surface area contributed by atoms with Crippen molar-refractivity contribution >= 4 is 40.2 Å². The lowest BCUT2D eigenvalue weighted by atomic mass is 9.99. The molecule has 0 spiro atoms. The van der Waals surface area contributed by atoms with Gasteiger partial charge in [-0.25, -0.2) is 14.8 Å². The van der Waals surface area contributed by atoms with E-state index in [1.807, 2.05) is 43.3 Å². The molecule has 5 rings (SSSR count). The van der Waals surface area contributed by atoms with Crippen molar-refractivity contribution in [1.82, 2.24) is 9.97 Å². The molecule has 1 aliphatic heterocycles. The van der Waals surface area contributed by atoms with Crippen LogP contribution < -0.4 is 5.32 Å². The number of nitrogens with zero attached hydrogens (tertiary/aromatic N) is 3. The Hall–Kier alpha value is -3.88. The highest BCUT2D eigenvalue weighted by Gasteiger charge is 2.19. The molecule has 0 unspecified atom stereocenters. The fraction of sp³-hybridized carbons (Fsp3) is 0.0417. The number of aromatic nitrogens is 2. The summed E-state index contributed by atoms with van der Waals surface area (Å²) in [6.07, 6.45) is 3.89. The summed E-state index contributed by atoms with van der Waals surface area (Å²) >= 11 is 6.24. The SMILES string of the molecule is [C-]#[N+]c1ccc2oc(-c3nc4c(cc3-c3cc(C)nc(Cl)c3)C=CC(=C)N4)cc2c1. The molecule has 4 aromatic rings. The Kier molecular flexibility index (Phi) is 4.16. The minimum atomic E-state index is 0.419. The van der Waals surface area contributed by atoms with Gasteiger partial charge in [-0.05, 0) is 61.0 Å².